The van der Waals surface area contributed by atoms with Crippen molar-refractivity contribution in [2.24, 2.45) is 0 Å². The summed E-state index contributed by atoms with van der Waals surface area (Å²) in [6, 6.07) is 7.56. The highest BCUT2D eigenvalue weighted by Crippen LogP contribution is 2.35. The van der Waals surface area contributed by atoms with Crippen LogP contribution in [0, 0.1) is 0 Å². The van der Waals surface area contributed by atoms with Crippen LogP contribution in [0.15, 0.2) is 47.4 Å². The predicted octanol–water partition coefficient (Wildman–Crippen LogP) is 3.20. The number of nitrogens with one attached hydrogen (secondary N) is 1. The van der Waals surface area contributed by atoms with Gasteiger partial charge in [-0.1, -0.05) is 6.07 Å². The fraction of sp³-hybridized carbons (Fsp3) is 0.350. The molecule has 0 unspecified atom stereocenters. The zero-order chi connectivity index (χ0) is 22.8. The molecule has 1 aliphatic carbocycles. The molecule has 31 heavy (non-hydrogen) atoms. The van der Waals surface area contributed by atoms with Gasteiger partial charge < -0.3 is 14.8 Å². The third-order valence-corrected chi connectivity index (χ3v) is 6.40. The number of sulfonamides is 1. The van der Waals surface area contributed by atoms with E-state index in [-0.39, 0.29) is 28.1 Å². The van der Waals surface area contributed by atoms with Crippen LogP contribution in [0.2, 0.25) is 0 Å². The molecule has 0 heterocycles. The van der Waals surface area contributed by atoms with Crippen LogP contribution in [-0.2, 0) is 21.0 Å². The summed E-state index contributed by atoms with van der Waals surface area (Å²) >= 11 is 0. The average Bonchev–Trinajstić information content (AvgIpc) is 3.54. The van der Waals surface area contributed by atoms with E-state index >= 15 is 0 Å². The van der Waals surface area contributed by atoms with Gasteiger partial charge in [0.15, 0.2) is 11.5 Å². The van der Waals surface area contributed by atoms with E-state index < -0.39 is 34.2 Å². The number of ether oxygens (including phenoxy) is 2. The number of carbonyl (C=O) groups excluding carboxylic acids is 1. The first-order chi connectivity index (χ1) is 14.6. The second-order valence-corrected chi connectivity index (χ2v) is 8.78. The molecule has 0 aliphatic heterocycles. The van der Waals surface area contributed by atoms with Crippen molar-refractivity contribution in [2.45, 2.75) is 30.0 Å². The Kier molecular flexibility index (Phi) is 6.35. The van der Waals surface area contributed by atoms with Crippen molar-refractivity contribution in [1.82, 2.24) is 5.32 Å². The van der Waals surface area contributed by atoms with Crippen LogP contribution >= 0.6 is 0 Å². The Morgan fingerprint density at radius 2 is 1.77 bits per heavy atom. The van der Waals surface area contributed by atoms with E-state index in [4.69, 9.17) is 9.47 Å². The standard InChI is InChI=1S/C20H21F3N2O5S/c1-29-17-9-8-16(11-18(17)30-2)31(27,28)25(12-19(26)24-14-6-7-14)15-5-3-4-13(10-15)20(21,22)23/h3-5,8-11,14H,6-7,12H2,1-2H3,(H,24,26). The van der Waals surface area contributed by atoms with E-state index in [1.54, 1.807) is 0 Å². The lowest BCUT2D eigenvalue weighted by molar-refractivity contribution is -0.137. The molecule has 0 aromatic heterocycles. The molecule has 0 radical (unpaired) electrons. The lowest BCUT2D eigenvalue weighted by Crippen LogP contribution is -2.41. The Bertz CT molecular complexity index is 1070. The number of nitrogens with zero attached hydrogens (tertiary/aromatic N) is 1. The molecule has 0 saturated heterocycles. The largest absolute Gasteiger partial charge is 0.493 e. The Morgan fingerprint density at radius 3 is 2.35 bits per heavy atom. The number of carbonyl (C=O) groups is 1. The van der Waals surface area contributed by atoms with Gasteiger partial charge in [-0.05, 0) is 43.2 Å². The van der Waals surface area contributed by atoms with Gasteiger partial charge in [0, 0.05) is 12.1 Å². The second kappa shape index (κ2) is 8.66. The van der Waals surface area contributed by atoms with Crippen LogP contribution in [0.1, 0.15) is 18.4 Å². The zero-order valence-electron chi connectivity index (χ0n) is 16.8. The molecule has 0 spiro atoms. The van der Waals surface area contributed by atoms with Gasteiger partial charge in [-0.15, -0.1) is 0 Å². The number of halogens is 3. The summed E-state index contributed by atoms with van der Waals surface area (Å²) in [5, 5.41) is 2.65. The van der Waals surface area contributed by atoms with E-state index in [2.05, 4.69) is 5.32 Å². The minimum Gasteiger partial charge on any atom is -0.493 e. The summed E-state index contributed by atoms with van der Waals surface area (Å²) in [4.78, 5) is 12.1. The quantitative estimate of drug-likeness (QED) is 0.657. The third-order valence-electron chi connectivity index (χ3n) is 4.63. The van der Waals surface area contributed by atoms with E-state index in [0.717, 1.165) is 25.0 Å². The molecular weight excluding hydrogens is 437 g/mol. The summed E-state index contributed by atoms with van der Waals surface area (Å²) < 4.78 is 77.2. The predicted molar refractivity (Wildman–Crippen MR) is 107 cm³/mol. The van der Waals surface area contributed by atoms with Crippen molar-refractivity contribution < 1.29 is 35.9 Å². The van der Waals surface area contributed by atoms with Crippen molar-refractivity contribution in [2.75, 3.05) is 25.1 Å². The first kappa shape index (κ1) is 22.7. The van der Waals surface area contributed by atoms with Crippen molar-refractivity contribution in [3.8, 4) is 11.5 Å². The van der Waals surface area contributed by atoms with Gasteiger partial charge in [0.1, 0.15) is 6.54 Å². The van der Waals surface area contributed by atoms with Crippen molar-refractivity contribution in [3.63, 3.8) is 0 Å². The van der Waals surface area contributed by atoms with Crippen LogP contribution in [0.5, 0.6) is 11.5 Å². The number of alkyl halides is 3. The van der Waals surface area contributed by atoms with Crippen molar-refractivity contribution >= 4 is 21.6 Å². The zero-order valence-corrected chi connectivity index (χ0v) is 17.6. The minimum atomic E-state index is -4.68. The minimum absolute atomic E-state index is 0.0420. The topological polar surface area (TPSA) is 84.9 Å². The summed E-state index contributed by atoms with van der Waals surface area (Å²) in [6.45, 7) is -0.672. The van der Waals surface area contributed by atoms with Gasteiger partial charge in [-0.2, -0.15) is 13.2 Å². The molecule has 168 valence electrons. The molecule has 7 nitrogen and oxygen atoms in total. The van der Waals surface area contributed by atoms with Crippen LogP contribution in [0.4, 0.5) is 18.9 Å². The summed E-state index contributed by atoms with van der Waals surface area (Å²) in [7, 11) is -1.72. The molecule has 1 saturated carbocycles. The third kappa shape index (κ3) is 5.22. The SMILES string of the molecule is COc1ccc(S(=O)(=O)N(CC(=O)NC2CC2)c2cccc(C(F)(F)F)c2)cc1OC. The van der Waals surface area contributed by atoms with Gasteiger partial charge in [0.25, 0.3) is 10.0 Å². The smallest absolute Gasteiger partial charge is 0.416 e. The van der Waals surface area contributed by atoms with Crippen LogP contribution in [0.3, 0.4) is 0 Å². The van der Waals surface area contributed by atoms with Crippen LogP contribution in [-0.4, -0.2) is 41.1 Å². The van der Waals surface area contributed by atoms with Crippen molar-refractivity contribution in [1.29, 1.82) is 0 Å². The molecule has 1 aliphatic rings. The highest BCUT2D eigenvalue weighted by Gasteiger charge is 2.34. The van der Waals surface area contributed by atoms with Gasteiger partial charge in [-0.25, -0.2) is 8.42 Å². The van der Waals surface area contributed by atoms with E-state index in [1.807, 2.05) is 0 Å². The first-order valence-corrected chi connectivity index (χ1v) is 10.7. The summed E-state index contributed by atoms with van der Waals surface area (Å²) in [5.74, 6) is -0.211. The molecular formula is C20H21F3N2O5S. The number of hydrogen-bond donors (Lipinski definition) is 1. The lowest BCUT2D eigenvalue weighted by Gasteiger charge is -2.25. The maximum absolute atomic E-state index is 13.4. The van der Waals surface area contributed by atoms with Crippen LogP contribution in [0.25, 0.3) is 0 Å². The van der Waals surface area contributed by atoms with Gasteiger partial charge in [0.05, 0.1) is 30.4 Å². The fourth-order valence-electron chi connectivity index (χ4n) is 2.89. The Hall–Kier alpha value is -2.95. The average molecular weight is 458 g/mol. The van der Waals surface area contributed by atoms with E-state index in [0.29, 0.717) is 10.4 Å². The molecule has 0 atom stereocenters. The highest BCUT2D eigenvalue weighted by atomic mass is 32.2. The number of methoxy groups -OCH3 is 2. The first-order valence-electron chi connectivity index (χ1n) is 9.27. The lowest BCUT2D eigenvalue weighted by atomic mass is 10.2. The number of rotatable bonds is 8. The highest BCUT2D eigenvalue weighted by molar-refractivity contribution is 7.92. The molecule has 11 heteroatoms. The number of anilines is 1. The molecule has 2 aromatic rings. The summed E-state index contributed by atoms with van der Waals surface area (Å²) in [5.41, 5.74) is -1.31. The number of benzene rings is 2. The molecule has 2 aromatic carbocycles. The van der Waals surface area contributed by atoms with Crippen molar-refractivity contribution in [3.05, 3.63) is 48.0 Å². The molecule has 0 bridgehead atoms. The molecule has 1 amide bonds. The maximum atomic E-state index is 13.4. The van der Waals surface area contributed by atoms with Gasteiger partial charge >= 0.3 is 6.18 Å². The van der Waals surface area contributed by atoms with Gasteiger partial charge in [-0.3, -0.25) is 9.10 Å². The van der Waals surface area contributed by atoms with E-state index in [9.17, 15) is 26.4 Å². The number of amides is 1. The normalized spacial score (nSPS) is 14.1. The van der Waals surface area contributed by atoms with Crippen LogP contribution < -0.4 is 19.1 Å². The summed E-state index contributed by atoms with van der Waals surface area (Å²) in [6.07, 6.45) is -3.12. The Labute approximate surface area is 177 Å². The fourth-order valence-corrected chi connectivity index (χ4v) is 4.32. The molecule has 1 N–H and O–H groups in total. The number of hydrogen-bond acceptors (Lipinski definition) is 5. The van der Waals surface area contributed by atoms with E-state index in [1.165, 1.54) is 38.5 Å². The Morgan fingerprint density at radius 1 is 1.10 bits per heavy atom. The Balaban J connectivity index is 2.05. The molecule has 3 rings (SSSR count). The second-order valence-electron chi connectivity index (χ2n) is 6.92. The maximum Gasteiger partial charge on any atom is 0.416 e. The molecule has 1 fully saturated rings. The monoisotopic (exact) mass is 458 g/mol. The van der Waals surface area contributed by atoms with Gasteiger partial charge in [0.2, 0.25) is 5.91 Å².